The van der Waals surface area contributed by atoms with E-state index in [0.717, 1.165) is 11.3 Å². The van der Waals surface area contributed by atoms with Gasteiger partial charge in [-0.15, -0.1) is 0 Å². The topological polar surface area (TPSA) is 32.3 Å². The first kappa shape index (κ1) is 20.0. The molecule has 3 aromatic carbocycles. The molecule has 0 aromatic heterocycles. The smallest absolute Gasteiger partial charge is 0.247 e. The van der Waals surface area contributed by atoms with Gasteiger partial charge in [-0.25, -0.2) is 0 Å². The number of carbonyl (C=O) groups is 1. The fraction of sp³-hybridized carbons (Fsp3) is 0.222. The molecule has 0 radical (unpaired) electrons. The Hall–Kier alpha value is -3.33. The molecule has 1 amide bonds. The minimum Gasteiger partial charge on any atom is -0.354 e. The summed E-state index contributed by atoms with van der Waals surface area (Å²) in [6.45, 7) is 4.42. The average Bonchev–Trinajstić information content (AvgIpc) is 2.77. The molecule has 1 N–H and O–H groups in total. The molecule has 1 unspecified atom stereocenters. The van der Waals surface area contributed by atoms with E-state index < -0.39 is 0 Å². The number of rotatable bonds is 5. The monoisotopic (exact) mass is 396 g/mol. The van der Waals surface area contributed by atoms with Crippen molar-refractivity contribution in [3.8, 4) is 11.1 Å². The number of benzene rings is 3. The second kappa shape index (κ2) is 8.58. The number of allylic oxidation sites excluding steroid dienone is 1. The number of hydrogen-bond acceptors (Lipinski definition) is 2. The lowest BCUT2D eigenvalue weighted by Crippen LogP contribution is -2.43. The van der Waals surface area contributed by atoms with Gasteiger partial charge >= 0.3 is 0 Å². The normalized spacial score (nSPS) is 16.4. The SMILES string of the molecule is CC(C)c1ccc(-c2ccccc2CC2=CC(=O)NC(c3ccccc3)N2C)cc1. The highest BCUT2D eigenvalue weighted by Gasteiger charge is 2.26. The summed E-state index contributed by atoms with van der Waals surface area (Å²) in [6.07, 6.45) is 2.27. The first-order valence-corrected chi connectivity index (χ1v) is 10.5. The Kier molecular flexibility index (Phi) is 5.71. The van der Waals surface area contributed by atoms with Gasteiger partial charge in [-0.1, -0.05) is 92.7 Å². The molecule has 0 spiro atoms. The minimum absolute atomic E-state index is 0.0456. The fourth-order valence-electron chi connectivity index (χ4n) is 4.01. The quantitative estimate of drug-likeness (QED) is 0.603. The van der Waals surface area contributed by atoms with Crippen molar-refractivity contribution in [2.75, 3.05) is 7.05 Å². The number of nitrogens with zero attached hydrogens (tertiary/aromatic N) is 1. The molecule has 3 aromatic rings. The van der Waals surface area contributed by atoms with Crippen LogP contribution in [0.15, 0.2) is 90.6 Å². The van der Waals surface area contributed by atoms with E-state index in [-0.39, 0.29) is 12.1 Å². The Morgan fingerprint density at radius 1 is 0.900 bits per heavy atom. The largest absolute Gasteiger partial charge is 0.354 e. The average molecular weight is 397 g/mol. The highest BCUT2D eigenvalue weighted by Crippen LogP contribution is 2.31. The van der Waals surface area contributed by atoms with Crippen LogP contribution in [0.25, 0.3) is 11.1 Å². The van der Waals surface area contributed by atoms with Crippen molar-refractivity contribution < 1.29 is 4.79 Å². The maximum absolute atomic E-state index is 12.4. The van der Waals surface area contributed by atoms with E-state index >= 15 is 0 Å². The van der Waals surface area contributed by atoms with Crippen molar-refractivity contribution in [1.29, 1.82) is 0 Å². The molecule has 0 aliphatic carbocycles. The van der Waals surface area contributed by atoms with E-state index in [2.05, 4.69) is 84.7 Å². The number of likely N-dealkylation sites (N-methyl/N-ethyl adjacent to an activating group) is 1. The Bertz CT molecular complexity index is 1050. The third-order valence-corrected chi connectivity index (χ3v) is 5.81. The number of nitrogens with one attached hydrogen (secondary N) is 1. The van der Waals surface area contributed by atoms with E-state index in [0.29, 0.717) is 12.3 Å². The Balaban J connectivity index is 1.63. The molecule has 3 nitrogen and oxygen atoms in total. The second-order valence-corrected chi connectivity index (χ2v) is 8.18. The predicted octanol–water partition coefficient (Wildman–Crippen LogP) is 5.66. The van der Waals surface area contributed by atoms with Crippen molar-refractivity contribution >= 4 is 5.91 Å². The molecule has 30 heavy (non-hydrogen) atoms. The van der Waals surface area contributed by atoms with Crippen LogP contribution in [-0.2, 0) is 11.2 Å². The van der Waals surface area contributed by atoms with Gasteiger partial charge in [0.05, 0.1) is 0 Å². The summed E-state index contributed by atoms with van der Waals surface area (Å²) >= 11 is 0. The van der Waals surface area contributed by atoms with E-state index in [1.165, 1.54) is 22.3 Å². The summed E-state index contributed by atoms with van der Waals surface area (Å²) in [5.41, 5.74) is 7.07. The number of carbonyl (C=O) groups excluding carboxylic acids is 1. The van der Waals surface area contributed by atoms with Crippen molar-refractivity contribution in [3.05, 3.63) is 107 Å². The molecule has 3 heteroatoms. The van der Waals surface area contributed by atoms with Crippen LogP contribution in [0.3, 0.4) is 0 Å². The molecule has 0 bridgehead atoms. The van der Waals surface area contributed by atoms with Crippen LogP contribution in [0.1, 0.15) is 42.6 Å². The Morgan fingerprint density at radius 2 is 1.57 bits per heavy atom. The van der Waals surface area contributed by atoms with Crippen molar-refractivity contribution in [2.24, 2.45) is 0 Å². The van der Waals surface area contributed by atoms with Gasteiger partial charge in [0.25, 0.3) is 0 Å². The third kappa shape index (κ3) is 4.16. The van der Waals surface area contributed by atoms with E-state index in [1.807, 2.05) is 25.2 Å². The lowest BCUT2D eigenvalue weighted by molar-refractivity contribution is -0.119. The van der Waals surface area contributed by atoms with Gasteiger partial charge in [-0.2, -0.15) is 0 Å². The van der Waals surface area contributed by atoms with Crippen LogP contribution >= 0.6 is 0 Å². The molecule has 0 saturated carbocycles. The van der Waals surface area contributed by atoms with Gasteiger partial charge in [-0.05, 0) is 33.7 Å². The molecular weight excluding hydrogens is 368 g/mol. The van der Waals surface area contributed by atoms with Gasteiger partial charge in [-0.3, -0.25) is 4.79 Å². The predicted molar refractivity (Wildman–Crippen MR) is 123 cm³/mol. The summed E-state index contributed by atoms with van der Waals surface area (Å²) < 4.78 is 0. The summed E-state index contributed by atoms with van der Waals surface area (Å²) in [6, 6.07) is 27.4. The first-order chi connectivity index (χ1) is 14.5. The first-order valence-electron chi connectivity index (χ1n) is 10.5. The molecule has 4 rings (SSSR count). The van der Waals surface area contributed by atoms with Crippen LogP contribution in [0, 0.1) is 0 Å². The Morgan fingerprint density at radius 3 is 2.27 bits per heavy atom. The maximum atomic E-state index is 12.4. The fourth-order valence-corrected chi connectivity index (χ4v) is 4.01. The van der Waals surface area contributed by atoms with Crippen LogP contribution in [0.5, 0.6) is 0 Å². The van der Waals surface area contributed by atoms with Gasteiger partial charge in [0.15, 0.2) is 0 Å². The maximum Gasteiger partial charge on any atom is 0.247 e. The lowest BCUT2D eigenvalue weighted by atomic mass is 9.93. The van der Waals surface area contributed by atoms with Crippen LogP contribution < -0.4 is 5.32 Å². The third-order valence-electron chi connectivity index (χ3n) is 5.81. The number of hydrogen-bond donors (Lipinski definition) is 1. The second-order valence-electron chi connectivity index (χ2n) is 8.18. The van der Waals surface area contributed by atoms with E-state index in [1.54, 1.807) is 6.08 Å². The van der Waals surface area contributed by atoms with E-state index in [4.69, 9.17) is 0 Å². The van der Waals surface area contributed by atoms with Crippen LogP contribution in [-0.4, -0.2) is 17.9 Å². The summed E-state index contributed by atoms with van der Waals surface area (Å²) in [7, 11) is 2.04. The number of amides is 1. The van der Waals surface area contributed by atoms with Gasteiger partial charge in [0, 0.05) is 25.2 Å². The molecule has 0 fully saturated rings. The summed E-state index contributed by atoms with van der Waals surface area (Å²) in [4.78, 5) is 14.6. The molecule has 0 saturated heterocycles. The van der Waals surface area contributed by atoms with Gasteiger partial charge in [0.2, 0.25) is 5.91 Å². The Labute approximate surface area is 179 Å². The highest BCUT2D eigenvalue weighted by atomic mass is 16.1. The van der Waals surface area contributed by atoms with Crippen LogP contribution in [0.4, 0.5) is 0 Å². The van der Waals surface area contributed by atoms with Crippen molar-refractivity contribution in [1.82, 2.24) is 10.2 Å². The lowest BCUT2D eigenvalue weighted by Gasteiger charge is -2.36. The molecule has 1 aliphatic heterocycles. The molecule has 1 atom stereocenters. The summed E-state index contributed by atoms with van der Waals surface area (Å²) in [5, 5.41) is 3.07. The minimum atomic E-state index is -0.156. The summed E-state index contributed by atoms with van der Waals surface area (Å²) in [5.74, 6) is 0.472. The zero-order valence-electron chi connectivity index (χ0n) is 17.8. The van der Waals surface area contributed by atoms with E-state index in [9.17, 15) is 4.79 Å². The zero-order chi connectivity index (χ0) is 21.1. The van der Waals surface area contributed by atoms with Gasteiger partial charge < -0.3 is 10.2 Å². The van der Waals surface area contributed by atoms with Crippen molar-refractivity contribution in [3.63, 3.8) is 0 Å². The standard InChI is InChI=1S/C27H28N2O/c1-19(2)20-13-15-21(16-14-20)25-12-8-7-11-23(25)17-24-18-26(30)28-27(29(24)3)22-9-5-4-6-10-22/h4-16,18-19,27H,17H2,1-3H3,(H,28,30). The molecular formula is C27H28N2O. The van der Waals surface area contributed by atoms with Gasteiger partial charge in [0.1, 0.15) is 6.17 Å². The molecule has 1 heterocycles. The molecule has 152 valence electrons. The zero-order valence-corrected chi connectivity index (χ0v) is 17.8. The van der Waals surface area contributed by atoms with Crippen molar-refractivity contribution in [2.45, 2.75) is 32.4 Å². The van der Waals surface area contributed by atoms with Crippen LogP contribution in [0.2, 0.25) is 0 Å². The molecule has 1 aliphatic rings. The highest BCUT2D eigenvalue weighted by molar-refractivity contribution is 5.89.